The van der Waals surface area contributed by atoms with Crippen molar-refractivity contribution in [3.8, 4) is 11.5 Å². The molecule has 0 spiro atoms. The molecule has 0 aliphatic rings. The van der Waals surface area contributed by atoms with Crippen LogP contribution >= 0.6 is 11.6 Å². The van der Waals surface area contributed by atoms with Gasteiger partial charge >= 0.3 is 5.91 Å². The smallest absolute Gasteiger partial charge is 0.307 e. The number of amides is 1. The standard InChI is InChI=1S/C24H24ClN3O5/c1-4-32-10-9-28-20-7-5-17(31-3)13-18(20)19(23(28)25)14-26-27-24(29)22-12-15-11-16(30-2)6-8-21(15)33-22/h5-8,11-14H,4,9-10H2,1-3H3,(H,27,29)/b26-14+. The molecule has 1 N–H and O–H groups in total. The Hall–Kier alpha value is -3.49. The third-order valence-electron chi connectivity index (χ3n) is 5.21. The molecule has 33 heavy (non-hydrogen) atoms. The van der Waals surface area contributed by atoms with Crippen molar-refractivity contribution in [2.45, 2.75) is 13.5 Å². The van der Waals surface area contributed by atoms with Crippen LogP contribution in [0.3, 0.4) is 0 Å². The second-order valence-electron chi connectivity index (χ2n) is 7.15. The molecule has 8 nitrogen and oxygen atoms in total. The molecule has 4 aromatic rings. The van der Waals surface area contributed by atoms with Crippen LogP contribution in [0.4, 0.5) is 0 Å². The maximum atomic E-state index is 12.6. The Morgan fingerprint density at radius 2 is 1.91 bits per heavy atom. The molecule has 9 heteroatoms. The first kappa shape index (κ1) is 22.7. The zero-order chi connectivity index (χ0) is 23.4. The van der Waals surface area contributed by atoms with Gasteiger partial charge in [-0.25, -0.2) is 5.43 Å². The number of hydrazone groups is 1. The van der Waals surface area contributed by atoms with E-state index in [-0.39, 0.29) is 5.76 Å². The summed E-state index contributed by atoms with van der Waals surface area (Å²) in [4.78, 5) is 12.6. The lowest BCUT2D eigenvalue weighted by molar-refractivity contribution is 0.0929. The molecule has 0 fully saturated rings. The Morgan fingerprint density at radius 1 is 1.15 bits per heavy atom. The van der Waals surface area contributed by atoms with Crippen LogP contribution in [0.1, 0.15) is 23.0 Å². The molecule has 0 aliphatic carbocycles. The van der Waals surface area contributed by atoms with Gasteiger partial charge < -0.3 is 23.2 Å². The highest BCUT2D eigenvalue weighted by Crippen LogP contribution is 2.32. The molecule has 0 saturated carbocycles. The summed E-state index contributed by atoms with van der Waals surface area (Å²) in [5.41, 5.74) is 4.66. The zero-order valence-electron chi connectivity index (χ0n) is 18.6. The Bertz CT molecular complexity index is 1320. The van der Waals surface area contributed by atoms with Gasteiger partial charge in [0, 0.05) is 29.5 Å². The van der Waals surface area contributed by atoms with E-state index >= 15 is 0 Å². The number of carbonyl (C=O) groups excluding carboxylic acids is 1. The van der Waals surface area contributed by atoms with E-state index in [4.69, 9.17) is 30.2 Å². The van der Waals surface area contributed by atoms with Gasteiger partial charge in [-0.1, -0.05) is 11.6 Å². The first-order valence-electron chi connectivity index (χ1n) is 10.4. The number of nitrogens with zero attached hydrogens (tertiary/aromatic N) is 2. The summed E-state index contributed by atoms with van der Waals surface area (Å²) in [7, 11) is 3.18. The predicted octanol–water partition coefficient (Wildman–Crippen LogP) is 4.86. The summed E-state index contributed by atoms with van der Waals surface area (Å²) >= 11 is 6.67. The lowest BCUT2D eigenvalue weighted by Gasteiger charge is -2.07. The van der Waals surface area contributed by atoms with Gasteiger partial charge in [0.1, 0.15) is 22.2 Å². The fourth-order valence-electron chi connectivity index (χ4n) is 3.57. The molecule has 1 amide bonds. The van der Waals surface area contributed by atoms with E-state index in [1.807, 2.05) is 29.7 Å². The van der Waals surface area contributed by atoms with Gasteiger partial charge in [0.05, 0.1) is 32.6 Å². The molecule has 2 heterocycles. The zero-order valence-corrected chi connectivity index (χ0v) is 19.3. The maximum Gasteiger partial charge on any atom is 0.307 e. The molecule has 4 rings (SSSR count). The molecule has 2 aromatic carbocycles. The first-order valence-corrected chi connectivity index (χ1v) is 10.8. The number of benzene rings is 2. The molecule has 0 radical (unpaired) electrons. The largest absolute Gasteiger partial charge is 0.497 e. The molecular weight excluding hydrogens is 446 g/mol. The lowest BCUT2D eigenvalue weighted by Crippen LogP contribution is -2.16. The minimum absolute atomic E-state index is 0.141. The van der Waals surface area contributed by atoms with Crippen molar-refractivity contribution in [2.75, 3.05) is 27.4 Å². The van der Waals surface area contributed by atoms with E-state index in [1.54, 1.807) is 38.5 Å². The SMILES string of the molecule is CCOCCn1c(Cl)c(/C=N/NC(=O)c2cc3cc(OC)ccc3o2)c2cc(OC)ccc21. The van der Waals surface area contributed by atoms with Crippen molar-refractivity contribution in [3.05, 3.63) is 58.9 Å². The quantitative estimate of drug-likeness (QED) is 0.215. The molecule has 0 aliphatic heterocycles. The Balaban J connectivity index is 1.59. The number of halogens is 1. The second kappa shape index (κ2) is 9.97. The van der Waals surface area contributed by atoms with Gasteiger partial charge in [-0.2, -0.15) is 5.10 Å². The molecule has 0 bridgehead atoms. The van der Waals surface area contributed by atoms with Crippen molar-refractivity contribution in [1.29, 1.82) is 0 Å². The Morgan fingerprint density at radius 3 is 2.67 bits per heavy atom. The highest BCUT2D eigenvalue weighted by Gasteiger charge is 2.16. The lowest BCUT2D eigenvalue weighted by atomic mass is 10.2. The minimum atomic E-state index is -0.477. The van der Waals surface area contributed by atoms with Crippen LogP contribution in [-0.4, -0.2) is 44.1 Å². The Labute approximate surface area is 195 Å². The van der Waals surface area contributed by atoms with Crippen LogP contribution in [0.25, 0.3) is 21.9 Å². The molecule has 2 aromatic heterocycles. The van der Waals surface area contributed by atoms with E-state index in [1.165, 1.54) is 6.21 Å². The molecule has 0 atom stereocenters. The summed E-state index contributed by atoms with van der Waals surface area (Å²) in [6, 6.07) is 12.6. The van der Waals surface area contributed by atoms with Gasteiger partial charge in [-0.15, -0.1) is 0 Å². The predicted molar refractivity (Wildman–Crippen MR) is 128 cm³/mol. The number of hydrogen-bond acceptors (Lipinski definition) is 6. The number of fused-ring (bicyclic) bond motifs is 2. The van der Waals surface area contributed by atoms with Gasteiger partial charge in [-0.05, 0) is 49.4 Å². The number of carbonyl (C=O) groups is 1. The molecular formula is C24H24ClN3O5. The third kappa shape index (κ3) is 4.67. The van der Waals surface area contributed by atoms with Crippen molar-refractivity contribution in [1.82, 2.24) is 9.99 Å². The first-order chi connectivity index (χ1) is 16.0. The van der Waals surface area contributed by atoms with Crippen molar-refractivity contribution >= 4 is 45.6 Å². The monoisotopic (exact) mass is 469 g/mol. The van der Waals surface area contributed by atoms with Crippen molar-refractivity contribution in [3.63, 3.8) is 0 Å². The highest BCUT2D eigenvalue weighted by molar-refractivity contribution is 6.34. The van der Waals surface area contributed by atoms with Crippen molar-refractivity contribution in [2.24, 2.45) is 5.10 Å². The maximum absolute atomic E-state index is 12.6. The number of nitrogens with one attached hydrogen (secondary N) is 1. The highest BCUT2D eigenvalue weighted by atomic mass is 35.5. The van der Waals surface area contributed by atoms with Gasteiger partial charge in [0.2, 0.25) is 0 Å². The van der Waals surface area contributed by atoms with Crippen LogP contribution < -0.4 is 14.9 Å². The summed E-state index contributed by atoms with van der Waals surface area (Å²) in [5, 5.41) is 6.22. The van der Waals surface area contributed by atoms with Crippen molar-refractivity contribution < 1.29 is 23.4 Å². The molecule has 0 unspecified atom stereocenters. The summed E-state index contributed by atoms with van der Waals surface area (Å²) in [5.74, 6) is 1.04. The number of ether oxygens (including phenoxy) is 3. The van der Waals surface area contributed by atoms with Crippen LogP contribution in [0.5, 0.6) is 11.5 Å². The number of furan rings is 1. The Kier molecular flexibility index (Phi) is 6.86. The topological polar surface area (TPSA) is 87.2 Å². The van der Waals surface area contributed by atoms with Gasteiger partial charge in [-0.3, -0.25) is 4.79 Å². The van der Waals surface area contributed by atoms with E-state index in [2.05, 4.69) is 10.5 Å². The second-order valence-corrected chi connectivity index (χ2v) is 7.51. The summed E-state index contributed by atoms with van der Waals surface area (Å²) in [6.07, 6.45) is 1.52. The van der Waals surface area contributed by atoms with E-state index in [9.17, 15) is 4.79 Å². The molecule has 172 valence electrons. The fourth-order valence-corrected chi connectivity index (χ4v) is 3.89. The number of methoxy groups -OCH3 is 2. The number of rotatable bonds is 9. The van der Waals surface area contributed by atoms with Gasteiger partial charge in [0.25, 0.3) is 0 Å². The van der Waals surface area contributed by atoms with E-state index < -0.39 is 5.91 Å². The van der Waals surface area contributed by atoms with Crippen LogP contribution in [0.15, 0.2) is 52.0 Å². The van der Waals surface area contributed by atoms with Crippen LogP contribution in [-0.2, 0) is 11.3 Å². The molecule has 0 saturated heterocycles. The fraction of sp³-hybridized carbons (Fsp3) is 0.250. The number of hydrogen-bond donors (Lipinski definition) is 1. The van der Waals surface area contributed by atoms with E-state index in [0.29, 0.717) is 47.6 Å². The van der Waals surface area contributed by atoms with Crippen LogP contribution in [0.2, 0.25) is 5.15 Å². The summed E-state index contributed by atoms with van der Waals surface area (Å²) in [6.45, 7) is 3.67. The van der Waals surface area contributed by atoms with Crippen LogP contribution in [0, 0.1) is 0 Å². The van der Waals surface area contributed by atoms with Gasteiger partial charge in [0.15, 0.2) is 5.76 Å². The summed E-state index contributed by atoms with van der Waals surface area (Å²) < 4.78 is 23.6. The third-order valence-corrected chi connectivity index (χ3v) is 5.62. The average Bonchev–Trinajstić information content (AvgIpc) is 3.37. The normalized spacial score (nSPS) is 11.5. The van der Waals surface area contributed by atoms with E-state index in [0.717, 1.165) is 16.3 Å². The minimum Gasteiger partial charge on any atom is -0.497 e. The number of aromatic nitrogens is 1. The average molecular weight is 470 g/mol.